The van der Waals surface area contributed by atoms with Crippen molar-refractivity contribution < 1.29 is 14.3 Å². The van der Waals surface area contributed by atoms with Crippen LogP contribution in [-0.2, 0) is 9.53 Å². The number of ether oxygens (including phenoxy) is 2. The standard InChI is InChI=1S/C22H32O3/c1-18(13-10-16-22(3,4)24-5)11-9-12-19(2)17-21(23)25-20-14-7-6-8-15-20/h6-9,12,14-15,17-18H,10-11,13,16H2,1-5H3. The molecule has 25 heavy (non-hydrogen) atoms. The van der Waals surface area contributed by atoms with E-state index < -0.39 is 0 Å². The molecule has 0 amide bonds. The molecule has 0 N–H and O–H groups in total. The average molecular weight is 344 g/mol. The first-order chi connectivity index (χ1) is 11.8. The minimum atomic E-state index is -0.344. The highest BCUT2D eigenvalue weighted by molar-refractivity contribution is 5.85. The van der Waals surface area contributed by atoms with Crippen LogP contribution < -0.4 is 4.74 Å². The summed E-state index contributed by atoms with van der Waals surface area (Å²) in [6, 6.07) is 9.11. The maximum absolute atomic E-state index is 11.8. The number of allylic oxidation sites excluding steroid dienone is 3. The van der Waals surface area contributed by atoms with Crippen LogP contribution in [0.1, 0.15) is 53.4 Å². The van der Waals surface area contributed by atoms with Crippen LogP contribution in [0.25, 0.3) is 0 Å². The topological polar surface area (TPSA) is 35.5 Å². The molecule has 0 aliphatic heterocycles. The molecule has 1 aromatic rings. The number of esters is 1. The lowest BCUT2D eigenvalue weighted by Crippen LogP contribution is -2.22. The van der Waals surface area contributed by atoms with E-state index in [2.05, 4.69) is 26.8 Å². The molecule has 0 heterocycles. The van der Waals surface area contributed by atoms with Gasteiger partial charge >= 0.3 is 5.97 Å². The molecule has 0 aliphatic rings. The number of carbonyl (C=O) groups is 1. The van der Waals surface area contributed by atoms with Crippen molar-refractivity contribution in [2.24, 2.45) is 5.92 Å². The van der Waals surface area contributed by atoms with E-state index in [1.54, 1.807) is 19.2 Å². The van der Waals surface area contributed by atoms with Crippen LogP contribution in [0.3, 0.4) is 0 Å². The Morgan fingerprint density at radius 3 is 2.56 bits per heavy atom. The number of methoxy groups -OCH3 is 1. The quantitative estimate of drug-likeness (QED) is 0.236. The first-order valence-corrected chi connectivity index (χ1v) is 8.99. The number of hydrogen-bond acceptors (Lipinski definition) is 3. The van der Waals surface area contributed by atoms with Crippen LogP contribution in [-0.4, -0.2) is 18.7 Å². The molecule has 0 saturated heterocycles. The van der Waals surface area contributed by atoms with Crippen molar-refractivity contribution in [3.63, 3.8) is 0 Å². The maximum atomic E-state index is 11.8. The monoisotopic (exact) mass is 344 g/mol. The summed E-state index contributed by atoms with van der Waals surface area (Å²) in [6.07, 6.45) is 10.1. The molecule has 0 aromatic heterocycles. The number of hydrogen-bond donors (Lipinski definition) is 0. The van der Waals surface area contributed by atoms with Crippen molar-refractivity contribution in [1.29, 1.82) is 0 Å². The summed E-state index contributed by atoms with van der Waals surface area (Å²) >= 11 is 0. The highest BCUT2D eigenvalue weighted by Gasteiger charge is 2.15. The fourth-order valence-corrected chi connectivity index (χ4v) is 2.45. The summed E-state index contributed by atoms with van der Waals surface area (Å²) in [7, 11) is 1.77. The van der Waals surface area contributed by atoms with E-state index in [-0.39, 0.29) is 11.6 Å². The van der Waals surface area contributed by atoms with Gasteiger partial charge in [0.2, 0.25) is 0 Å². The fraction of sp³-hybridized carbons (Fsp3) is 0.500. The highest BCUT2D eigenvalue weighted by atomic mass is 16.5. The zero-order valence-corrected chi connectivity index (χ0v) is 16.2. The average Bonchev–Trinajstić information content (AvgIpc) is 2.55. The van der Waals surface area contributed by atoms with Gasteiger partial charge in [-0.25, -0.2) is 4.79 Å². The van der Waals surface area contributed by atoms with Crippen molar-refractivity contribution >= 4 is 5.97 Å². The van der Waals surface area contributed by atoms with Crippen LogP contribution >= 0.6 is 0 Å². The van der Waals surface area contributed by atoms with Gasteiger partial charge in [-0.3, -0.25) is 0 Å². The van der Waals surface area contributed by atoms with E-state index in [1.165, 1.54) is 12.5 Å². The molecular weight excluding hydrogens is 312 g/mol. The maximum Gasteiger partial charge on any atom is 0.336 e. The van der Waals surface area contributed by atoms with E-state index in [0.717, 1.165) is 24.8 Å². The van der Waals surface area contributed by atoms with Crippen LogP contribution in [0.5, 0.6) is 5.75 Å². The van der Waals surface area contributed by atoms with Gasteiger partial charge in [0.15, 0.2) is 0 Å². The molecule has 1 aromatic carbocycles. The number of carbonyl (C=O) groups excluding carboxylic acids is 1. The van der Waals surface area contributed by atoms with Gasteiger partial charge in [0.05, 0.1) is 5.60 Å². The Balaban J connectivity index is 2.33. The molecule has 0 saturated carbocycles. The molecule has 138 valence electrons. The molecule has 0 fully saturated rings. The molecule has 1 unspecified atom stereocenters. The summed E-state index contributed by atoms with van der Waals surface area (Å²) in [5, 5.41) is 0. The van der Waals surface area contributed by atoms with E-state index >= 15 is 0 Å². The lowest BCUT2D eigenvalue weighted by molar-refractivity contribution is -0.129. The first-order valence-electron chi connectivity index (χ1n) is 8.99. The van der Waals surface area contributed by atoms with Crippen LogP contribution in [0.4, 0.5) is 0 Å². The van der Waals surface area contributed by atoms with E-state index in [4.69, 9.17) is 9.47 Å². The Hall–Kier alpha value is -1.87. The second kappa shape index (κ2) is 10.9. The predicted octanol–water partition coefficient (Wildman–Crippen LogP) is 5.72. The predicted molar refractivity (Wildman–Crippen MR) is 104 cm³/mol. The summed E-state index contributed by atoms with van der Waals surface area (Å²) in [6.45, 7) is 8.42. The van der Waals surface area contributed by atoms with E-state index in [0.29, 0.717) is 11.7 Å². The van der Waals surface area contributed by atoms with Gasteiger partial charge in [-0.2, -0.15) is 0 Å². The van der Waals surface area contributed by atoms with Gasteiger partial charge in [-0.15, -0.1) is 0 Å². The third-order valence-corrected chi connectivity index (χ3v) is 4.25. The number of rotatable bonds is 10. The van der Waals surface area contributed by atoms with Gasteiger partial charge in [0, 0.05) is 13.2 Å². The molecule has 1 rings (SSSR count). The van der Waals surface area contributed by atoms with Gasteiger partial charge in [-0.1, -0.05) is 50.1 Å². The van der Waals surface area contributed by atoms with Gasteiger partial charge < -0.3 is 9.47 Å². The zero-order valence-electron chi connectivity index (χ0n) is 16.2. The van der Waals surface area contributed by atoms with Crippen molar-refractivity contribution in [3.05, 3.63) is 54.1 Å². The smallest absolute Gasteiger partial charge is 0.336 e. The van der Waals surface area contributed by atoms with Gasteiger partial charge in [0.25, 0.3) is 0 Å². The second-order valence-electron chi connectivity index (χ2n) is 7.22. The molecule has 3 heteroatoms. The van der Waals surface area contributed by atoms with Crippen molar-refractivity contribution in [3.8, 4) is 5.75 Å². The summed E-state index contributed by atoms with van der Waals surface area (Å²) in [5.74, 6) is 0.837. The molecule has 0 bridgehead atoms. The first kappa shape index (κ1) is 21.2. The fourth-order valence-electron chi connectivity index (χ4n) is 2.45. The summed E-state index contributed by atoms with van der Waals surface area (Å²) < 4.78 is 10.7. The number of benzene rings is 1. The molecular formula is C22H32O3. The Morgan fingerprint density at radius 2 is 1.92 bits per heavy atom. The minimum Gasteiger partial charge on any atom is -0.423 e. The van der Waals surface area contributed by atoms with Crippen LogP contribution in [0.2, 0.25) is 0 Å². The lowest BCUT2D eigenvalue weighted by atomic mass is 9.95. The van der Waals surface area contributed by atoms with Crippen LogP contribution in [0, 0.1) is 5.92 Å². The molecule has 0 aliphatic carbocycles. The SMILES string of the molecule is COC(C)(C)CCCC(C)CC=CC(C)=CC(=O)Oc1ccccc1. The van der Waals surface area contributed by atoms with Crippen molar-refractivity contribution in [1.82, 2.24) is 0 Å². The summed E-state index contributed by atoms with van der Waals surface area (Å²) in [4.78, 5) is 11.8. The van der Waals surface area contributed by atoms with Gasteiger partial charge in [0.1, 0.15) is 5.75 Å². The van der Waals surface area contributed by atoms with Gasteiger partial charge in [-0.05, 0) is 57.2 Å². The molecule has 0 radical (unpaired) electrons. The largest absolute Gasteiger partial charge is 0.423 e. The zero-order chi connectivity index (χ0) is 18.7. The van der Waals surface area contributed by atoms with Crippen LogP contribution in [0.15, 0.2) is 54.1 Å². The third-order valence-electron chi connectivity index (χ3n) is 4.25. The number of para-hydroxylation sites is 1. The Morgan fingerprint density at radius 1 is 1.24 bits per heavy atom. The second-order valence-corrected chi connectivity index (χ2v) is 7.22. The van der Waals surface area contributed by atoms with E-state index in [9.17, 15) is 4.79 Å². The Bertz CT molecular complexity index is 570. The van der Waals surface area contributed by atoms with Crippen molar-refractivity contribution in [2.45, 2.75) is 59.0 Å². The third kappa shape index (κ3) is 9.88. The molecule has 0 spiro atoms. The van der Waals surface area contributed by atoms with E-state index in [1.807, 2.05) is 31.2 Å². The Labute approximate surface area is 152 Å². The Kier molecular flexibility index (Phi) is 9.22. The highest BCUT2D eigenvalue weighted by Crippen LogP contribution is 2.20. The normalized spacial score (nSPS) is 13.9. The van der Waals surface area contributed by atoms with Crippen molar-refractivity contribution in [2.75, 3.05) is 7.11 Å². The molecule has 1 atom stereocenters. The summed E-state index contributed by atoms with van der Waals surface area (Å²) in [5.41, 5.74) is 0.863. The molecule has 3 nitrogen and oxygen atoms in total. The minimum absolute atomic E-state index is 0.0337. The lowest BCUT2D eigenvalue weighted by Gasteiger charge is -2.23.